The molecule has 1 aromatic heterocycles. The van der Waals surface area contributed by atoms with Gasteiger partial charge in [-0.3, -0.25) is 15.1 Å². The molecule has 0 aromatic carbocycles. The molecule has 4 N–H and O–H groups in total. The summed E-state index contributed by atoms with van der Waals surface area (Å²) in [4.78, 5) is 26.7. The summed E-state index contributed by atoms with van der Waals surface area (Å²) in [5.41, 5.74) is 4.42. The van der Waals surface area contributed by atoms with Gasteiger partial charge in [-0.25, -0.2) is 9.78 Å². The molecule has 0 aliphatic carbocycles. The van der Waals surface area contributed by atoms with Gasteiger partial charge < -0.3 is 5.73 Å². The van der Waals surface area contributed by atoms with Crippen molar-refractivity contribution in [3.63, 3.8) is 0 Å². The molecule has 1 rings (SSSR count). The van der Waals surface area contributed by atoms with Crippen molar-refractivity contribution in [1.29, 1.82) is 0 Å². The van der Waals surface area contributed by atoms with Gasteiger partial charge in [0, 0.05) is 12.3 Å². The first-order valence-corrected chi connectivity index (χ1v) is 2.80. The van der Waals surface area contributed by atoms with Gasteiger partial charge in [0.15, 0.2) is 0 Å². The molecular weight excluding hydrogens is 184 g/mol. The smallest absolute Gasteiger partial charge is 0.318 e. The molecule has 12 heavy (non-hydrogen) atoms. The van der Waals surface area contributed by atoms with Crippen molar-refractivity contribution in [2.24, 2.45) is 5.73 Å². The highest BCUT2D eigenvalue weighted by Crippen LogP contribution is 1.87. The summed E-state index contributed by atoms with van der Waals surface area (Å²) in [5.74, 6) is 0.0463. The summed E-state index contributed by atoms with van der Waals surface area (Å²) in [6, 6.07) is 0.464. The number of nitrogens with one attached hydrogen (secondary N) is 2. The summed E-state index contributed by atoms with van der Waals surface area (Å²) >= 11 is 0. The number of aromatic nitrogens is 2. The maximum atomic E-state index is 10.6. The zero-order valence-corrected chi connectivity index (χ0v) is 6.72. The fourth-order valence-corrected chi connectivity index (χ4v) is 0.550. The van der Waals surface area contributed by atoms with Gasteiger partial charge in [0.25, 0.3) is 5.56 Å². The van der Waals surface area contributed by atoms with Gasteiger partial charge in [0.2, 0.25) is 5.95 Å². The second-order valence-corrected chi connectivity index (χ2v) is 1.77. The Morgan fingerprint density at radius 2 is 2.33 bits per heavy atom. The Labute approximate surface area is 73.6 Å². The normalized spacial score (nSPS) is 8.33. The number of urea groups is 1. The molecule has 66 valence electrons. The minimum Gasteiger partial charge on any atom is -0.351 e. The second-order valence-electron chi connectivity index (χ2n) is 1.77. The molecule has 0 saturated heterocycles. The number of anilines is 1. The monoisotopic (exact) mass is 190 g/mol. The van der Waals surface area contributed by atoms with Crippen molar-refractivity contribution in [3.8, 4) is 0 Å². The molecule has 0 aliphatic rings. The molecule has 6 nitrogen and oxygen atoms in total. The highest BCUT2D eigenvalue weighted by Gasteiger charge is 1.95. The van der Waals surface area contributed by atoms with Gasteiger partial charge in [-0.05, 0) is 0 Å². The number of halogens is 1. The number of aromatic amines is 1. The van der Waals surface area contributed by atoms with Crippen molar-refractivity contribution in [1.82, 2.24) is 9.97 Å². The molecule has 0 atom stereocenters. The summed E-state index contributed by atoms with van der Waals surface area (Å²) in [6.07, 6.45) is 1.27. The van der Waals surface area contributed by atoms with Crippen LogP contribution in [0.15, 0.2) is 17.1 Å². The number of hydrogen-bond donors (Lipinski definition) is 3. The average Bonchev–Trinajstić information content (AvgIpc) is 1.85. The molecule has 0 bridgehead atoms. The fraction of sp³-hybridized carbons (Fsp3) is 0. The van der Waals surface area contributed by atoms with Crippen LogP contribution < -0.4 is 16.6 Å². The molecule has 0 aliphatic heterocycles. The number of nitrogens with zero attached hydrogens (tertiary/aromatic N) is 1. The van der Waals surface area contributed by atoms with Crippen LogP contribution in [-0.4, -0.2) is 16.0 Å². The van der Waals surface area contributed by atoms with Crippen LogP contribution in [0, 0.1) is 0 Å². The third-order valence-electron chi connectivity index (χ3n) is 0.913. The Morgan fingerprint density at radius 3 is 2.83 bits per heavy atom. The van der Waals surface area contributed by atoms with Crippen LogP contribution in [0.4, 0.5) is 10.7 Å². The van der Waals surface area contributed by atoms with Crippen molar-refractivity contribution in [2.75, 3.05) is 5.32 Å². The number of carbonyl (C=O) groups is 1. The summed E-state index contributed by atoms with van der Waals surface area (Å²) < 4.78 is 0. The van der Waals surface area contributed by atoms with E-state index in [1.165, 1.54) is 12.3 Å². The predicted molar refractivity (Wildman–Crippen MR) is 45.3 cm³/mol. The van der Waals surface area contributed by atoms with E-state index in [0.29, 0.717) is 0 Å². The summed E-state index contributed by atoms with van der Waals surface area (Å²) in [6.45, 7) is 0. The highest BCUT2D eigenvalue weighted by atomic mass is 35.5. The minimum absolute atomic E-state index is 0. The molecule has 0 fully saturated rings. The Bertz CT molecular complexity index is 323. The first-order valence-electron chi connectivity index (χ1n) is 2.80. The number of carbonyl (C=O) groups excluding carboxylic acids is 1. The Hall–Kier alpha value is -1.56. The maximum Gasteiger partial charge on any atom is 0.318 e. The topological polar surface area (TPSA) is 101 Å². The van der Waals surface area contributed by atoms with Crippen LogP contribution >= 0.6 is 12.4 Å². The molecule has 7 heteroatoms. The number of H-pyrrole nitrogens is 1. The largest absolute Gasteiger partial charge is 0.351 e. The average molecular weight is 191 g/mol. The number of rotatable bonds is 1. The fourth-order valence-electron chi connectivity index (χ4n) is 0.550. The van der Waals surface area contributed by atoms with E-state index in [9.17, 15) is 9.59 Å². The van der Waals surface area contributed by atoms with Crippen LogP contribution in [0.25, 0.3) is 0 Å². The lowest BCUT2D eigenvalue weighted by Gasteiger charge is -1.96. The van der Waals surface area contributed by atoms with E-state index in [4.69, 9.17) is 5.73 Å². The van der Waals surface area contributed by atoms with Crippen LogP contribution in [0.2, 0.25) is 0 Å². The van der Waals surface area contributed by atoms with E-state index in [1.807, 2.05) is 0 Å². The van der Waals surface area contributed by atoms with Crippen molar-refractivity contribution < 1.29 is 4.79 Å². The second kappa shape index (κ2) is 4.35. The van der Waals surface area contributed by atoms with Gasteiger partial charge in [-0.1, -0.05) is 0 Å². The highest BCUT2D eigenvalue weighted by molar-refractivity contribution is 5.85. The maximum absolute atomic E-state index is 10.6. The van der Waals surface area contributed by atoms with Crippen molar-refractivity contribution >= 4 is 24.4 Å². The van der Waals surface area contributed by atoms with E-state index < -0.39 is 6.03 Å². The number of primary amides is 1. The lowest BCUT2D eigenvalue weighted by Crippen LogP contribution is -2.22. The SMILES string of the molecule is Cl.NC(=O)Nc1nccc(=O)[nH]1. The van der Waals surface area contributed by atoms with Gasteiger partial charge in [0.1, 0.15) is 0 Å². The lowest BCUT2D eigenvalue weighted by atomic mass is 10.6. The van der Waals surface area contributed by atoms with Crippen LogP contribution in [0.5, 0.6) is 0 Å². The quantitative estimate of drug-likeness (QED) is 0.566. The first kappa shape index (κ1) is 10.4. The van der Waals surface area contributed by atoms with Crippen LogP contribution in [-0.2, 0) is 0 Å². The van der Waals surface area contributed by atoms with Crippen LogP contribution in [0.3, 0.4) is 0 Å². The van der Waals surface area contributed by atoms with E-state index in [1.54, 1.807) is 0 Å². The summed E-state index contributed by atoms with van der Waals surface area (Å²) in [5, 5.41) is 2.12. The summed E-state index contributed by atoms with van der Waals surface area (Å²) in [7, 11) is 0. The Kier molecular flexibility index (Phi) is 3.78. The predicted octanol–water partition coefficient (Wildman–Crippen LogP) is -0.318. The molecule has 0 radical (unpaired) electrons. The zero-order chi connectivity index (χ0) is 8.27. The van der Waals surface area contributed by atoms with Gasteiger partial charge in [-0.2, -0.15) is 0 Å². The molecule has 0 unspecified atom stereocenters. The molecular formula is C5H7ClN4O2. The van der Waals surface area contributed by atoms with E-state index in [2.05, 4.69) is 15.3 Å². The third kappa shape index (κ3) is 3.02. The minimum atomic E-state index is -0.764. The standard InChI is InChI=1S/C5H6N4O2.ClH/c6-4(11)9-5-7-2-1-3(10)8-5;/h1-2H,(H4,6,7,8,9,10,11);1H. The molecule has 0 spiro atoms. The Balaban J connectivity index is 0.00000121. The van der Waals surface area contributed by atoms with Gasteiger partial charge in [0.05, 0.1) is 0 Å². The lowest BCUT2D eigenvalue weighted by molar-refractivity contribution is 0.259. The van der Waals surface area contributed by atoms with Crippen LogP contribution in [0.1, 0.15) is 0 Å². The van der Waals surface area contributed by atoms with Gasteiger partial charge >= 0.3 is 6.03 Å². The van der Waals surface area contributed by atoms with Crippen molar-refractivity contribution in [3.05, 3.63) is 22.6 Å². The zero-order valence-electron chi connectivity index (χ0n) is 5.90. The third-order valence-corrected chi connectivity index (χ3v) is 0.913. The Morgan fingerprint density at radius 1 is 1.67 bits per heavy atom. The first-order chi connectivity index (χ1) is 5.18. The molecule has 1 heterocycles. The van der Waals surface area contributed by atoms with E-state index in [-0.39, 0.29) is 23.9 Å². The number of nitrogens with two attached hydrogens (primary N) is 1. The van der Waals surface area contributed by atoms with E-state index >= 15 is 0 Å². The number of amides is 2. The molecule has 1 aromatic rings. The van der Waals surface area contributed by atoms with E-state index in [0.717, 1.165) is 0 Å². The van der Waals surface area contributed by atoms with Crippen molar-refractivity contribution in [2.45, 2.75) is 0 Å². The molecule has 0 saturated carbocycles. The van der Waals surface area contributed by atoms with Gasteiger partial charge in [-0.15, -0.1) is 12.4 Å². The number of hydrogen-bond acceptors (Lipinski definition) is 3. The molecule has 2 amide bonds.